The SMILES string of the molecule is CN1CCN(NCc2ccc(C(=O)Nc3cccc(-c4nccc(-c5cccnc5)n4)c3N)cc2)CC1. The van der Waals surface area contributed by atoms with E-state index in [9.17, 15) is 4.79 Å². The van der Waals surface area contributed by atoms with Gasteiger partial charge in [-0.05, 0) is 55.1 Å². The zero-order valence-corrected chi connectivity index (χ0v) is 20.8. The number of piperazine rings is 1. The molecule has 37 heavy (non-hydrogen) atoms. The Kier molecular flexibility index (Phi) is 7.46. The summed E-state index contributed by atoms with van der Waals surface area (Å²) in [5.74, 6) is 0.250. The second-order valence-corrected chi connectivity index (χ2v) is 9.05. The van der Waals surface area contributed by atoms with Crippen LogP contribution in [0.25, 0.3) is 22.6 Å². The zero-order valence-electron chi connectivity index (χ0n) is 20.8. The van der Waals surface area contributed by atoms with Crippen molar-refractivity contribution in [2.24, 2.45) is 0 Å². The fourth-order valence-corrected chi connectivity index (χ4v) is 4.17. The molecule has 0 bridgehead atoms. The Morgan fingerprint density at radius 2 is 1.78 bits per heavy atom. The van der Waals surface area contributed by atoms with Gasteiger partial charge in [0.2, 0.25) is 0 Å². The highest BCUT2D eigenvalue weighted by molar-refractivity contribution is 6.06. The molecular formula is C28H30N8O. The van der Waals surface area contributed by atoms with E-state index in [4.69, 9.17) is 5.73 Å². The van der Waals surface area contributed by atoms with E-state index < -0.39 is 0 Å². The Hall–Kier alpha value is -4.18. The van der Waals surface area contributed by atoms with E-state index in [0.29, 0.717) is 28.3 Å². The number of carbonyl (C=O) groups is 1. The Labute approximate surface area is 216 Å². The third-order valence-electron chi connectivity index (χ3n) is 6.43. The number of nitrogens with one attached hydrogen (secondary N) is 2. The maximum absolute atomic E-state index is 13.0. The molecule has 9 nitrogen and oxygen atoms in total. The first kappa shape index (κ1) is 24.5. The number of likely N-dealkylation sites (N-methyl/N-ethyl adjacent to an activating group) is 1. The zero-order chi connectivity index (χ0) is 25.6. The van der Waals surface area contributed by atoms with Crippen molar-refractivity contribution in [2.75, 3.05) is 44.3 Å². The fourth-order valence-electron chi connectivity index (χ4n) is 4.17. The highest BCUT2D eigenvalue weighted by Crippen LogP contribution is 2.31. The molecule has 0 radical (unpaired) electrons. The lowest BCUT2D eigenvalue weighted by atomic mass is 10.1. The highest BCUT2D eigenvalue weighted by atomic mass is 16.1. The van der Waals surface area contributed by atoms with Gasteiger partial charge in [0.15, 0.2) is 5.82 Å². The van der Waals surface area contributed by atoms with Crippen LogP contribution in [0.3, 0.4) is 0 Å². The van der Waals surface area contributed by atoms with Gasteiger partial charge in [-0.1, -0.05) is 18.2 Å². The van der Waals surface area contributed by atoms with Crippen molar-refractivity contribution in [3.8, 4) is 22.6 Å². The number of hydrogen-bond donors (Lipinski definition) is 3. The van der Waals surface area contributed by atoms with Gasteiger partial charge in [-0.3, -0.25) is 15.2 Å². The van der Waals surface area contributed by atoms with Crippen molar-refractivity contribution in [3.05, 3.63) is 90.4 Å². The lowest BCUT2D eigenvalue weighted by Gasteiger charge is -2.32. The molecule has 1 aliphatic heterocycles. The predicted molar refractivity (Wildman–Crippen MR) is 145 cm³/mol. The van der Waals surface area contributed by atoms with Crippen LogP contribution >= 0.6 is 0 Å². The number of benzene rings is 2. The van der Waals surface area contributed by atoms with E-state index in [1.54, 1.807) is 24.7 Å². The fraction of sp³-hybridized carbons (Fsp3) is 0.214. The molecule has 3 heterocycles. The van der Waals surface area contributed by atoms with Crippen LogP contribution in [-0.4, -0.2) is 64.0 Å². The van der Waals surface area contributed by atoms with Gasteiger partial charge in [0, 0.05) is 68.0 Å². The summed E-state index contributed by atoms with van der Waals surface area (Å²) in [6.45, 7) is 4.82. The van der Waals surface area contributed by atoms with Gasteiger partial charge >= 0.3 is 0 Å². The molecule has 0 spiro atoms. The molecule has 5 rings (SSSR count). The minimum atomic E-state index is -0.229. The quantitative estimate of drug-likeness (QED) is 0.336. The summed E-state index contributed by atoms with van der Waals surface area (Å²) in [7, 11) is 2.14. The van der Waals surface area contributed by atoms with Crippen LogP contribution in [0.1, 0.15) is 15.9 Å². The summed E-state index contributed by atoms with van der Waals surface area (Å²) >= 11 is 0. The molecule has 1 amide bonds. The molecule has 1 fully saturated rings. The van der Waals surface area contributed by atoms with Crippen molar-refractivity contribution in [3.63, 3.8) is 0 Å². The third-order valence-corrected chi connectivity index (χ3v) is 6.43. The second kappa shape index (κ2) is 11.3. The van der Waals surface area contributed by atoms with Crippen LogP contribution in [0.5, 0.6) is 0 Å². The Morgan fingerprint density at radius 1 is 0.973 bits per heavy atom. The third kappa shape index (κ3) is 5.97. The van der Waals surface area contributed by atoms with E-state index in [0.717, 1.165) is 49.5 Å². The number of carbonyl (C=O) groups excluding carboxylic acids is 1. The largest absolute Gasteiger partial charge is 0.396 e. The average molecular weight is 495 g/mol. The number of hydrogen-bond acceptors (Lipinski definition) is 8. The number of aromatic nitrogens is 3. The van der Waals surface area contributed by atoms with Gasteiger partial charge < -0.3 is 16.0 Å². The van der Waals surface area contributed by atoms with Crippen molar-refractivity contribution in [1.82, 2.24) is 30.3 Å². The molecule has 4 N–H and O–H groups in total. The first-order chi connectivity index (χ1) is 18.1. The van der Waals surface area contributed by atoms with Crippen LogP contribution < -0.4 is 16.5 Å². The molecule has 0 aliphatic carbocycles. The number of nitrogens with two attached hydrogens (primary N) is 1. The second-order valence-electron chi connectivity index (χ2n) is 9.05. The Balaban J connectivity index is 1.26. The number of amides is 1. The summed E-state index contributed by atoms with van der Waals surface area (Å²) in [5, 5.41) is 5.17. The van der Waals surface area contributed by atoms with E-state index in [1.165, 1.54) is 0 Å². The van der Waals surface area contributed by atoms with Gasteiger partial charge in [0.1, 0.15) is 0 Å². The molecule has 188 valence electrons. The van der Waals surface area contributed by atoms with Gasteiger partial charge in [-0.25, -0.2) is 15.0 Å². The predicted octanol–water partition coefficient (Wildman–Crippen LogP) is 3.29. The summed E-state index contributed by atoms with van der Waals surface area (Å²) in [4.78, 5) is 28.5. The van der Waals surface area contributed by atoms with Gasteiger partial charge in [-0.2, -0.15) is 0 Å². The molecule has 0 atom stereocenters. The maximum Gasteiger partial charge on any atom is 0.255 e. The van der Waals surface area contributed by atoms with Crippen LogP contribution in [0.4, 0.5) is 11.4 Å². The lowest BCUT2D eigenvalue weighted by molar-refractivity contribution is 0.102. The van der Waals surface area contributed by atoms with E-state index in [2.05, 4.69) is 42.7 Å². The Morgan fingerprint density at radius 3 is 2.54 bits per heavy atom. The number of pyridine rings is 1. The summed E-state index contributed by atoms with van der Waals surface area (Å²) < 4.78 is 0. The number of anilines is 2. The van der Waals surface area contributed by atoms with Crippen molar-refractivity contribution < 1.29 is 4.79 Å². The van der Waals surface area contributed by atoms with Gasteiger partial charge in [0.25, 0.3) is 5.91 Å². The van der Waals surface area contributed by atoms with Gasteiger partial charge in [-0.15, -0.1) is 0 Å². The van der Waals surface area contributed by atoms with Crippen LogP contribution in [0.2, 0.25) is 0 Å². The number of rotatable bonds is 7. The number of hydrazine groups is 1. The van der Waals surface area contributed by atoms with E-state index in [-0.39, 0.29) is 5.91 Å². The first-order valence-electron chi connectivity index (χ1n) is 12.3. The number of para-hydroxylation sites is 1. The molecule has 9 heteroatoms. The van der Waals surface area contributed by atoms with E-state index >= 15 is 0 Å². The normalized spacial score (nSPS) is 14.4. The minimum Gasteiger partial charge on any atom is -0.396 e. The van der Waals surface area contributed by atoms with Gasteiger partial charge in [0.05, 0.1) is 17.1 Å². The lowest BCUT2D eigenvalue weighted by Crippen LogP contribution is -2.50. The molecule has 2 aromatic heterocycles. The molecule has 1 saturated heterocycles. The average Bonchev–Trinajstić information content (AvgIpc) is 2.95. The number of nitrogen functional groups attached to an aromatic ring is 1. The maximum atomic E-state index is 13.0. The Bertz CT molecular complexity index is 1350. The molecular weight excluding hydrogens is 464 g/mol. The van der Waals surface area contributed by atoms with Crippen molar-refractivity contribution in [1.29, 1.82) is 0 Å². The smallest absolute Gasteiger partial charge is 0.255 e. The molecule has 0 saturated carbocycles. The first-order valence-corrected chi connectivity index (χ1v) is 12.3. The number of nitrogens with zero attached hydrogens (tertiary/aromatic N) is 5. The summed E-state index contributed by atoms with van der Waals surface area (Å²) in [5.41, 5.74) is 14.8. The molecule has 4 aromatic rings. The topological polar surface area (TPSA) is 112 Å². The standard InChI is InChI=1S/C28H30N8O/c1-35-14-16-36(17-15-35)32-18-20-7-9-21(10-8-20)28(37)34-25-6-2-5-23(26(25)29)27-31-13-11-24(33-27)22-4-3-12-30-19-22/h2-13,19,32H,14-18,29H2,1H3,(H,34,37). The summed E-state index contributed by atoms with van der Waals surface area (Å²) in [6.07, 6.45) is 5.16. The summed E-state index contributed by atoms with van der Waals surface area (Å²) in [6, 6.07) is 18.7. The van der Waals surface area contributed by atoms with Crippen LogP contribution in [0.15, 0.2) is 79.3 Å². The van der Waals surface area contributed by atoms with Crippen molar-refractivity contribution >= 4 is 17.3 Å². The highest BCUT2D eigenvalue weighted by Gasteiger charge is 2.15. The molecule has 0 unspecified atom stereocenters. The van der Waals surface area contributed by atoms with E-state index in [1.807, 2.05) is 54.6 Å². The molecule has 2 aromatic carbocycles. The van der Waals surface area contributed by atoms with Crippen molar-refractivity contribution in [2.45, 2.75) is 6.54 Å². The van der Waals surface area contributed by atoms with Crippen LogP contribution in [-0.2, 0) is 6.54 Å². The monoisotopic (exact) mass is 494 g/mol. The molecule has 1 aliphatic rings. The minimum absolute atomic E-state index is 0.229. The van der Waals surface area contributed by atoms with Crippen LogP contribution in [0, 0.1) is 0 Å².